The molecule has 6 aliphatic heterocycles. The molecule has 6 heterocycles. The van der Waals surface area contributed by atoms with Gasteiger partial charge < -0.3 is 135 Å². The molecule has 0 radical (unpaired) electrons. The molecular formula is C82H134O34P6. The van der Waals surface area contributed by atoms with Crippen molar-refractivity contribution in [3.63, 3.8) is 0 Å². The van der Waals surface area contributed by atoms with Gasteiger partial charge in [0.1, 0.15) is 141 Å². The van der Waals surface area contributed by atoms with Crippen LogP contribution in [0.4, 0.5) is 0 Å². The van der Waals surface area contributed by atoms with E-state index in [1.165, 1.54) is 34.7 Å². The Labute approximate surface area is 727 Å². The number of methoxy groups -OCH3 is 6. The van der Waals surface area contributed by atoms with Gasteiger partial charge in [0, 0.05) is 79.3 Å². The summed E-state index contributed by atoms with van der Waals surface area (Å²) in [5, 5.41) is 17.7. The molecule has 0 saturated carbocycles. The zero-order valence-electron chi connectivity index (χ0n) is 78.7. The van der Waals surface area contributed by atoms with Crippen molar-refractivity contribution in [2.24, 2.45) is 0 Å². The van der Waals surface area contributed by atoms with Crippen LogP contribution in [-0.4, -0.2) is 284 Å². The fraction of sp³-hybridized carbons (Fsp3) is 0.634. The molecule has 3 aromatic carbocycles. The van der Waals surface area contributed by atoms with E-state index in [-0.39, 0.29) is 104 Å². The van der Waals surface area contributed by atoms with E-state index in [1.807, 2.05) is 174 Å². The van der Waals surface area contributed by atoms with Gasteiger partial charge in [0.2, 0.25) is 29.5 Å². The lowest BCUT2D eigenvalue weighted by atomic mass is 10.0. The molecule has 10 N–H and O–H groups in total. The molecule has 40 heteroatoms. The second-order valence-electron chi connectivity index (χ2n) is 30.4. The predicted molar refractivity (Wildman–Crippen MR) is 460 cm³/mol. The van der Waals surface area contributed by atoms with Gasteiger partial charge in [-0.3, -0.25) is 27.4 Å². The molecule has 0 aromatic heterocycles. The van der Waals surface area contributed by atoms with Crippen LogP contribution in [0.2, 0.25) is 0 Å². The smallest absolute Gasteiger partial charge is 0.348 e. The summed E-state index contributed by atoms with van der Waals surface area (Å²) in [5.74, 6) is 4.97. The van der Waals surface area contributed by atoms with Crippen molar-refractivity contribution in [1.82, 2.24) is 0 Å². The number of rotatable bonds is 35. The maximum Gasteiger partial charge on any atom is 0.348 e. The Hall–Kier alpha value is -3.64. The van der Waals surface area contributed by atoms with Crippen molar-refractivity contribution < 1.29 is 170 Å². The summed E-state index contributed by atoms with van der Waals surface area (Å²) >= 11 is 0. The lowest BCUT2D eigenvalue weighted by Gasteiger charge is -2.24. The van der Waals surface area contributed by atoms with E-state index in [0.717, 1.165) is 40.0 Å². The third kappa shape index (κ3) is 39.8. The van der Waals surface area contributed by atoms with Crippen LogP contribution in [0.1, 0.15) is 126 Å². The SMILES string of the molecule is [2H]/C(=C\P(=O)(O)CO)[C@H]1OC[C@H](OC)[C@@H]1OC(C)C.[2H]/C(=C\P(=O)(O)CO)[C@H]1O[C@@H](c2ccccc2)[C@H](OC)[C@@H]1OC(C)C.[2H]/C(=C\P(=O)(O)O)[C@H]1OC[C@H](OC)[C@@H]1OC(C)C.[2H]/C(=C\P(=O)(O)O)[C@H]1O[C@@H](c2ccccc2)[C@H](OC)[C@@H]1OC(C)C.[2H]/C(=C\P(C)(=O)O)[C@H]1OC[C@H](OC)[C@@H]1OC(C)C.[2H]/C(=C\P(C)(=O)O)[C@H]1O[C@@H](c2ccccc2)[C@H](OC)[C@@H]1OC(C)C. The van der Waals surface area contributed by atoms with Gasteiger partial charge in [0.15, 0.2) is 0 Å². The van der Waals surface area contributed by atoms with Gasteiger partial charge in [0.05, 0.1) is 64.7 Å². The molecule has 6 aliphatic rings. The highest BCUT2D eigenvalue weighted by Crippen LogP contribution is 2.47. The summed E-state index contributed by atoms with van der Waals surface area (Å²) in [4.78, 5) is 73.6. The van der Waals surface area contributed by atoms with E-state index in [2.05, 4.69) is 0 Å². The number of aliphatic hydroxyl groups excluding tert-OH is 2. The van der Waals surface area contributed by atoms with Crippen LogP contribution >= 0.6 is 44.7 Å². The number of hydrogen-bond acceptors (Lipinski definition) is 26. The minimum absolute atomic E-state index is 0.0338. The Morgan fingerprint density at radius 2 is 0.541 bits per heavy atom. The molecule has 696 valence electrons. The predicted octanol–water partition coefficient (Wildman–Crippen LogP) is 12.1. The zero-order valence-corrected chi connectivity index (χ0v) is 78.1. The van der Waals surface area contributed by atoms with E-state index in [4.69, 9.17) is 123 Å². The van der Waals surface area contributed by atoms with E-state index in [0.29, 0.717) is 18.2 Å². The minimum atomic E-state index is -4.48. The van der Waals surface area contributed by atoms with Gasteiger partial charge >= 0.3 is 15.2 Å². The molecule has 0 amide bonds. The van der Waals surface area contributed by atoms with Gasteiger partial charge in [-0.1, -0.05) is 91.0 Å². The van der Waals surface area contributed by atoms with E-state index in [1.54, 1.807) is 21.3 Å². The lowest BCUT2D eigenvalue weighted by Crippen LogP contribution is -2.36. The first-order chi connectivity index (χ1) is 59.5. The Bertz CT molecular complexity index is 4130. The molecule has 6 fully saturated rings. The maximum absolute atomic E-state index is 11.8. The first-order valence-corrected chi connectivity index (χ1v) is 50.8. The summed E-state index contributed by atoms with van der Waals surface area (Å²) in [6.07, 6.45) is -14.2. The lowest BCUT2D eigenvalue weighted by molar-refractivity contribution is -0.0694. The number of ether oxygens (including phenoxy) is 18. The molecule has 6 saturated heterocycles. The van der Waals surface area contributed by atoms with Crippen LogP contribution in [0.15, 0.2) is 162 Å². The van der Waals surface area contributed by atoms with Crippen LogP contribution in [0.25, 0.3) is 0 Å². The van der Waals surface area contributed by atoms with Gasteiger partial charge in [-0.2, -0.15) is 0 Å². The van der Waals surface area contributed by atoms with Crippen LogP contribution in [-0.2, 0) is 113 Å². The number of aliphatic hydroxyl groups is 2. The zero-order chi connectivity index (χ0) is 96.9. The topological polar surface area (TPSA) is 471 Å². The largest absolute Gasteiger partial charge is 0.386 e. The Balaban J connectivity index is 0.000000324. The standard InChI is InChI=1S/C17H25O6P.C17H25O5P.C16H23O6P.C11H21O6P.C11H21O5P.C10H19O6P/c1-12(2)22-16-14(9-10-24(19,20)11-18)23-15(17(16)21-3)13-7-5-4-6-8-13;1-12(2)21-16-14(10-11-23(4,18)19)22-15(17(16)20-3)13-8-6-5-7-9-13;1-11(2)21-15-13(9-10-23(17,18)19)22-14(16(15)20-3)12-7-5-4-6-8-12;1-8(2)17-11-9(16-6-10(11)15-3)4-5-18(13,14)7-12;1-8(2)16-11-9(5-6-17(4,12)13)15-7-10(11)14-3;1-7(2)16-10-8(4-5-17(11,12)13)15-6-9(10)14-3/h4-10,12,14-18H,11H2,1-3H3,(H,19,20);5-12,14-17H,1-4H3,(H,18,19);4-11,13-16H,1-3H3,(H2,17,18,19);4-5,8-12H,6-7H2,1-3H3,(H,13,14);5-6,8-11H,7H2,1-4H3,(H,12,13);4-5,7-10H,6H2,1-3H3,(H2,11,12,13)/b10-9+;11-10+;10-9+;5-4+;6-5+;5-4+/t2*14-,15+,16-,17+;13-,14+,15-,16+;2*9-,10+,11-;8-,9+,10-/m111111/s1/i9D;10D;9D;4D;5D;4D. The molecule has 0 aliphatic carbocycles. The first kappa shape index (κ1) is 101. The highest BCUT2D eigenvalue weighted by atomic mass is 31.2. The molecule has 34 nitrogen and oxygen atoms in total. The number of hydrogen-bond donors (Lipinski definition) is 10. The van der Waals surface area contributed by atoms with Crippen LogP contribution in [0, 0.1) is 0 Å². The fourth-order valence-electron chi connectivity index (χ4n) is 12.7. The summed E-state index contributed by atoms with van der Waals surface area (Å²) in [6.45, 7) is 25.5. The van der Waals surface area contributed by atoms with Gasteiger partial charge in [0.25, 0.3) is 0 Å². The van der Waals surface area contributed by atoms with Gasteiger partial charge in [-0.15, -0.1) is 0 Å². The quantitative estimate of drug-likeness (QED) is 0.0245. The average molecular weight is 1860 g/mol. The molecule has 25 atom stereocenters. The molecule has 0 bridgehead atoms. The highest BCUT2D eigenvalue weighted by Gasteiger charge is 2.50. The molecule has 4 unspecified atom stereocenters. The Kier molecular flexibility index (Phi) is 44.1. The number of benzene rings is 3. The second-order valence-corrected chi connectivity index (χ2v) is 41.6. The van der Waals surface area contributed by atoms with E-state index >= 15 is 0 Å². The van der Waals surface area contributed by atoms with Crippen molar-refractivity contribution in [1.29, 1.82) is 0 Å². The van der Waals surface area contributed by atoms with Gasteiger partial charge in [-0.25, -0.2) is 0 Å². The van der Waals surface area contributed by atoms with Crippen LogP contribution in [0.5, 0.6) is 0 Å². The summed E-state index contributed by atoms with van der Waals surface area (Å²) in [7, 11) is -14.3. The van der Waals surface area contributed by atoms with Crippen LogP contribution < -0.4 is 0 Å². The third-order valence-corrected chi connectivity index (χ3v) is 21.8. The Morgan fingerprint density at radius 3 is 0.754 bits per heavy atom. The van der Waals surface area contributed by atoms with Gasteiger partial charge in [-0.05, 0) is 148 Å². The maximum atomic E-state index is 11.8. The van der Waals surface area contributed by atoms with Crippen molar-refractivity contribution in [3.8, 4) is 0 Å². The first-order valence-electron chi connectivity index (χ1n) is 42.3. The molecule has 9 rings (SSSR count). The monoisotopic (exact) mass is 1850 g/mol. The average Bonchev–Trinajstić information content (AvgIpc) is 1.64. The molecular weight excluding hydrogens is 1710 g/mol. The van der Waals surface area contributed by atoms with Crippen molar-refractivity contribution >= 4 is 44.7 Å². The summed E-state index contributed by atoms with van der Waals surface area (Å²) in [5.41, 5.74) is 2.64. The normalized spacial score (nSPS) is 32.0. The van der Waals surface area contributed by atoms with Crippen LogP contribution in [0.3, 0.4) is 0 Å². The minimum Gasteiger partial charge on any atom is -0.386 e. The molecule has 122 heavy (non-hydrogen) atoms. The third-order valence-electron chi connectivity index (χ3n) is 17.7. The molecule has 0 spiro atoms. The van der Waals surface area contributed by atoms with Crippen molar-refractivity contribution in [2.45, 2.75) is 248 Å². The van der Waals surface area contributed by atoms with E-state index < -0.39 is 167 Å². The van der Waals surface area contributed by atoms with E-state index in [9.17, 15) is 47.0 Å². The van der Waals surface area contributed by atoms with Crippen molar-refractivity contribution in [2.75, 3.05) is 88.5 Å². The summed E-state index contributed by atoms with van der Waals surface area (Å²) < 4.78 is 217. The summed E-state index contributed by atoms with van der Waals surface area (Å²) in [6, 6.07) is 27.3. The van der Waals surface area contributed by atoms with Crippen molar-refractivity contribution in [3.05, 3.63) is 179 Å². The highest BCUT2D eigenvalue weighted by molar-refractivity contribution is 7.61. The fourth-order valence-corrected chi connectivity index (χ4v) is 15.2. The Morgan fingerprint density at radius 1 is 0.328 bits per heavy atom. The molecule has 3 aromatic rings. The second kappa shape index (κ2) is 53.5.